The van der Waals surface area contributed by atoms with E-state index in [0.29, 0.717) is 37.3 Å². The van der Waals surface area contributed by atoms with Crippen molar-refractivity contribution in [3.05, 3.63) is 11.6 Å². The number of carbonyl (C=O) groups excluding carboxylic acids is 1. The van der Waals surface area contributed by atoms with Crippen LogP contribution in [0.5, 0.6) is 0 Å². The molecule has 0 aromatic carbocycles. The first kappa shape index (κ1) is 15.1. The van der Waals surface area contributed by atoms with Crippen LogP contribution in [0, 0.1) is 24.7 Å². The molecule has 126 valence electrons. The SMILES string of the molecule is Cc1nc([C@@H]2CN(C(=O)[C@H]3C[C@@H]3C3CCCCC3)CCO2)n[nH]1. The molecule has 2 heterocycles. The number of morpholine rings is 1. The van der Waals surface area contributed by atoms with Crippen LogP contribution < -0.4 is 0 Å². The van der Waals surface area contributed by atoms with Crippen LogP contribution in [0.2, 0.25) is 0 Å². The molecule has 6 heteroatoms. The summed E-state index contributed by atoms with van der Waals surface area (Å²) < 4.78 is 5.76. The maximum Gasteiger partial charge on any atom is 0.226 e. The minimum absolute atomic E-state index is 0.190. The minimum atomic E-state index is -0.190. The quantitative estimate of drug-likeness (QED) is 0.928. The van der Waals surface area contributed by atoms with Gasteiger partial charge in [0.25, 0.3) is 0 Å². The van der Waals surface area contributed by atoms with Crippen LogP contribution >= 0.6 is 0 Å². The molecule has 4 rings (SSSR count). The Morgan fingerprint density at radius 3 is 2.87 bits per heavy atom. The van der Waals surface area contributed by atoms with Crippen LogP contribution in [0.15, 0.2) is 0 Å². The summed E-state index contributed by atoms with van der Waals surface area (Å²) in [5.41, 5.74) is 0. The van der Waals surface area contributed by atoms with Crippen LogP contribution in [-0.4, -0.2) is 45.7 Å². The number of hydrogen-bond acceptors (Lipinski definition) is 4. The van der Waals surface area contributed by atoms with Crippen molar-refractivity contribution >= 4 is 5.91 Å². The first-order chi connectivity index (χ1) is 11.2. The molecule has 1 saturated heterocycles. The molecular formula is C17H26N4O2. The second kappa shape index (κ2) is 6.23. The number of carbonyl (C=O) groups is 1. The molecule has 1 aromatic heterocycles. The van der Waals surface area contributed by atoms with Gasteiger partial charge in [-0.25, -0.2) is 4.98 Å². The fourth-order valence-corrected chi connectivity index (χ4v) is 4.33. The van der Waals surface area contributed by atoms with Crippen molar-refractivity contribution in [2.75, 3.05) is 19.7 Å². The van der Waals surface area contributed by atoms with E-state index >= 15 is 0 Å². The largest absolute Gasteiger partial charge is 0.366 e. The van der Waals surface area contributed by atoms with Crippen molar-refractivity contribution in [2.45, 2.75) is 51.6 Å². The molecule has 0 spiro atoms. The highest BCUT2D eigenvalue weighted by atomic mass is 16.5. The zero-order valence-electron chi connectivity index (χ0n) is 13.8. The molecule has 1 aromatic rings. The summed E-state index contributed by atoms with van der Waals surface area (Å²) >= 11 is 0. The highest BCUT2D eigenvalue weighted by Crippen LogP contribution is 2.50. The number of rotatable bonds is 3. The summed E-state index contributed by atoms with van der Waals surface area (Å²) in [6.45, 7) is 3.74. The van der Waals surface area contributed by atoms with E-state index in [1.165, 1.54) is 32.1 Å². The van der Waals surface area contributed by atoms with Gasteiger partial charge < -0.3 is 9.64 Å². The average molecular weight is 318 g/mol. The van der Waals surface area contributed by atoms with E-state index in [1.54, 1.807) is 0 Å². The van der Waals surface area contributed by atoms with Gasteiger partial charge >= 0.3 is 0 Å². The van der Waals surface area contributed by atoms with Gasteiger partial charge in [0.05, 0.1) is 13.2 Å². The standard InChI is InChI=1S/C17H26N4O2/c1-11-18-16(20-19-11)15-10-21(7-8-23-15)17(22)14-9-13(14)12-5-3-2-4-6-12/h12-15H,2-10H2,1H3,(H,18,19,20)/t13-,14+,15+/m1/s1. The summed E-state index contributed by atoms with van der Waals surface area (Å²) in [5, 5.41) is 7.03. The Labute approximate surface area is 137 Å². The van der Waals surface area contributed by atoms with Gasteiger partial charge in [0.2, 0.25) is 5.91 Å². The molecule has 2 saturated carbocycles. The normalized spacial score (nSPS) is 32.0. The molecule has 3 fully saturated rings. The molecular weight excluding hydrogens is 292 g/mol. The Morgan fingerprint density at radius 1 is 1.30 bits per heavy atom. The van der Waals surface area contributed by atoms with Crippen LogP contribution in [0.25, 0.3) is 0 Å². The Hall–Kier alpha value is -1.43. The fourth-order valence-electron chi connectivity index (χ4n) is 4.33. The number of amides is 1. The molecule has 0 unspecified atom stereocenters. The number of aryl methyl sites for hydroxylation is 1. The number of aromatic amines is 1. The molecule has 3 atom stereocenters. The second-order valence-electron chi connectivity index (χ2n) is 7.33. The summed E-state index contributed by atoms with van der Waals surface area (Å²) in [5.74, 6) is 3.50. The van der Waals surface area contributed by atoms with E-state index in [1.807, 2.05) is 11.8 Å². The fraction of sp³-hybridized carbons (Fsp3) is 0.824. The molecule has 6 nitrogen and oxygen atoms in total. The van der Waals surface area contributed by atoms with Gasteiger partial charge in [-0.05, 0) is 25.2 Å². The van der Waals surface area contributed by atoms with Crippen molar-refractivity contribution in [3.8, 4) is 0 Å². The van der Waals surface area contributed by atoms with Crippen molar-refractivity contribution in [2.24, 2.45) is 17.8 Å². The highest BCUT2D eigenvalue weighted by Gasteiger charge is 2.49. The lowest BCUT2D eigenvalue weighted by Gasteiger charge is -2.32. The molecule has 0 radical (unpaired) electrons. The van der Waals surface area contributed by atoms with Gasteiger partial charge in [-0.1, -0.05) is 32.1 Å². The zero-order valence-corrected chi connectivity index (χ0v) is 13.8. The molecule has 0 bridgehead atoms. The maximum atomic E-state index is 12.8. The van der Waals surface area contributed by atoms with Crippen molar-refractivity contribution < 1.29 is 9.53 Å². The number of hydrogen-bond donors (Lipinski definition) is 1. The lowest BCUT2D eigenvalue weighted by atomic mass is 9.85. The van der Waals surface area contributed by atoms with E-state index in [4.69, 9.17) is 4.74 Å². The maximum absolute atomic E-state index is 12.8. The Kier molecular flexibility index (Phi) is 4.09. The predicted molar refractivity (Wildman–Crippen MR) is 84.6 cm³/mol. The van der Waals surface area contributed by atoms with Crippen LogP contribution in [0.4, 0.5) is 0 Å². The lowest BCUT2D eigenvalue weighted by Crippen LogP contribution is -2.43. The molecule has 23 heavy (non-hydrogen) atoms. The Bertz CT molecular complexity index is 567. The third-order valence-corrected chi connectivity index (χ3v) is 5.69. The van der Waals surface area contributed by atoms with Crippen LogP contribution in [-0.2, 0) is 9.53 Å². The average Bonchev–Trinajstić information content (AvgIpc) is 3.29. The van der Waals surface area contributed by atoms with E-state index in [-0.39, 0.29) is 12.0 Å². The van der Waals surface area contributed by atoms with Gasteiger partial charge in [0.1, 0.15) is 11.9 Å². The predicted octanol–water partition coefficient (Wildman–Crippen LogP) is 2.23. The van der Waals surface area contributed by atoms with Gasteiger partial charge in [0.15, 0.2) is 5.82 Å². The van der Waals surface area contributed by atoms with E-state index in [2.05, 4.69) is 15.2 Å². The summed E-state index contributed by atoms with van der Waals surface area (Å²) in [6, 6.07) is 0. The number of ether oxygens (including phenoxy) is 1. The molecule has 3 aliphatic rings. The lowest BCUT2D eigenvalue weighted by molar-refractivity contribution is -0.141. The third kappa shape index (κ3) is 3.13. The summed E-state index contributed by atoms with van der Waals surface area (Å²) in [4.78, 5) is 19.1. The van der Waals surface area contributed by atoms with Crippen molar-refractivity contribution in [1.29, 1.82) is 0 Å². The first-order valence-corrected chi connectivity index (χ1v) is 9.01. The molecule has 1 N–H and O–H groups in total. The van der Waals surface area contributed by atoms with Crippen molar-refractivity contribution in [3.63, 3.8) is 0 Å². The highest BCUT2D eigenvalue weighted by molar-refractivity contribution is 5.81. The molecule has 1 aliphatic heterocycles. The first-order valence-electron chi connectivity index (χ1n) is 9.01. The van der Waals surface area contributed by atoms with Gasteiger partial charge in [-0.2, -0.15) is 5.10 Å². The van der Waals surface area contributed by atoms with Crippen molar-refractivity contribution in [1.82, 2.24) is 20.1 Å². The van der Waals surface area contributed by atoms with Gasteiger partial charge in [0, 0.05) is 12.5 Å². The van der Waals surface area contributed by atoms with Crippen LogP contribution in [0.3, 0.4) is 0 Å². The zero-order chi connectivity index (χ0) is 15.8. The topological polar surface area (TPSA) is 71.1 Å². The van der Waals surface area contributed by atoms with Gasteiger partial charge in [-0.3, -0.25) is 9.89 Å². The monoisotopic (exact) mass is 318 g/mol. The minimum Gasteiger partial charge on any atom is -0.366 e. The Morgan fingerprint density at radius 2 is 2.13 bits per heavy atom. The second-order valence-corrected chi connectivity index (χ2v) is 7.33. The summed E-state index contributed by atoms with van der Waals surface area (Å²) in [6.07, 6.45) is 7.66. The smallest absolute Gasteiger partial charge is 0.226 e. The van der Waals surface area contributed by atoms with Gasteiger partial charge in [-0.15, -0.1) is 0 Å². The molecule has 1 amide bonds. The third-order valence-electron chi connectivity index (χ3n) is 5.69. The van der Waals surface area contributed by atoms with E-state index in [9.17, 15) is 4.79 Å². The Balaban J connectivity index is 1.35. The van der Waals surface area contributed by atoms with E-state index < -0.39 is 0 Å². The number of nitrogens with one attached hydrogen (secondary N) is 1. The number of nitrogens with zero attached hydrogens (tertiary/aromatic N) is 3. The van der Waals surface area contributed by atoms with Crippen LogP contribution in [0.1, 0.15) is 56.3 Å². The molecule has 2 aliphatic carbocycles. The van der Waals surface area contributed by atoms with E-state index in [0.717, 1.165) is 18.2 Å². The summed E-state index contributed by atoms with van der Waals surface area (Å²) in [7, 11) is 0. The number of H-pyrrole nitrogens is 1. The number of aromatic nitrogens is 3.